The third-order valence-electron chi connectivity index (χ3n) is 4.42. The molecule has 1 aromatic heterocycles. The van der Waals surface area contributed by atoms with E-state index in [0.717, 1.165) is 3.97 Å². The SMILES string of the molecule is CC1C=CNC2=C1C(=O)c1c(ccn1S(=O)(=O)c1ccccc1)C2=O. The summed E-state index contributed by atoms with van der Waals surface area (Å²) in [5.74, 6) is -1.09. The van der Waals surface area contributed by atoms with Gasteiger partial charge in [-0.15, -0.1) is 0 Å². The molecule has 0 spiro atoms. The molecule has 6 nitrogen and oxygen atoms in total. The molecule has 2 aromatic rings. The number of Topliss-reactive ketones (excluding diaryl/α,β-unsaturated/α-hetero) is 2. The van der Waals surface area contributed by atoms with Gasteiger partial charge in [0.05, 0.1) is 16.2 Å². The summed E-state index contributed by atoms with van der Waals surface area (Å²) in [6, 6.07) is 9.20. The van der Waals surface area contributed by atoms with Crippen molar-refractivity contribution >= 4 is 21.6 Å². The summed E-state index contributed by atoms with van der Waals surface area (Å²) in [7, 11) is -3.97. The number of carbonyl (C=O) groups is 2. The van der Waals surface area contributed by atoms with Gasteiger partial charge in [-0.25, -0.2) is 12.4 Å². The first-order valence-electron chi connectivity index (χ1n) is 7.71. The number of hydrogen-bond acceptors (Lipinski definition) is 5. The number of rotatable bonds is 2. The summed E-state index contributed by atoms with van der Waals surface area (Å²) in [6.45, 7) is 1.79. The summed E-state index contributed by atoms with van der Waals surface area (Å²) in [5, 5.41) is 2.82. The Labute approximate surface area is 144 Å². The van der Waals surface area contributed by atoms with Crippen LogP contribution in [0.2, 0.25) is 0 Å². The summed E-state index contributed by atoms with van der Waals surface area (Å²) in [4.78, 5) is 25.8. The van der Waals surface area contributed by atoms with Crippen molar-refractivity contribution in [3.63, 3.8) is 0 Å². The number of nitrogens with zero attached hydrogens (tertiary/aromatic N) is 1. The van der Waals surface area contributed by atoms with Crippen LogP contribution in [0.3, 0.4) is 0 Å². The van der Waals surface area contributed by atoms with E-state index in [1.165, 1.54) is 24.4 Å². The minimum Gasteiger partial charge on any atom is -0.358 e. The second-order valence-corrected chi connectivity index (χ2v) is 7.75. The van der Waals surface area contributed by atoms with E-state index in [1.807, 2.05) is 0 Å². The zero-order valence-corrected chi connectivity index (χ0v) is 14.1. The molecule has 7 heteroatoms. The lowest BCUT2D eigenvalue weighted by molar-refractivity contribution is 0.0959. The predicted molar refractivity (Wildman–Crippen MR) is 90.6 cm³/mol. The number of dihydropyridines is 1. The molecule has 126 valence electrons. The Morgan fingerprint density at radius 3 is 2.48 bits per heavy atom. The van der Waals surface area contributed by atoms with Crippen LogP contribution in [0.5, 0.6) is 0 Å². The van der Waals surface area contributed by atoms with Gasteiger partial charge in [0.1, 0.15) is 5.69 Å². The molecule has 0 amide bonds. The van der Waals surface area contributed by atoms with E-state index in [-0.39, 0.29) is 33.6 Å². The Kier molecular flexibility index (Phi) is 3.30. The average molecular weight is 354 g/mol. The molecule has 2 aliphatic rings. The number of carbonyl (C=O) groups excluding carboxylic acids is 2. The highest BCUT2D eigenvalue weighted by Crippen LogP contribution is 2.33. The minimum absolute atomic E-state index is 0.0585. The van der Waals surface area contributed by atoms with Crippen molar-refractivity contribution in [2.75, 3.05) is 0 Å². The topological polar surface area (TPSA) is 85.2 Å². The fourth-order valence-electron chi connectivity index (χ4n) is 3.17. The van der Waals surface area contributed by atoms with Gasteiger partial charge in [0.15, 0.2) is 0 Å². The van der Waals surface area contributed by atoms with Crippen LogP contribution in [-0.2, 0) is 10.0 Å². The molecule has 0 fully saturated rings. The van der Waals surface area contributed by atoms with Crippen molar-refractivity contribution in [2.45, 2.75) is 11.8 Å². The Morgan fingerprint density at radius 1 is 1.04 bits per heavy atom. The summed E-state index contributed by atoms with van der Waals surface area (Å²) in [5.41, 5.74) is 0.514. The van der Waals surface area contributed by atoms with Gasteiger partial charge in [-0.2, -0.15) is 0 Å². The number of fused-ring (bicyclic) bond motifs is 1. The highest BCUT2D eigenvalue weighted by molar-refractivity contribution is 7.90. The van der Waals surface area contributed by atoms with E-state index in [0.29, 0.717) is 5.57 Å². The van der Waals surface area contributed by atoms with Gasteiger partial charge in [-0.05, 0) is 24.4 Å². The Morgan fingerprint density at radius 2 is 1.76 bits per heavy atom. The third-order valence-corrected chi connectivity index (χ3v) is 6.11. The number of nitrogens with one attached hydrogen (secondary N) is 1. The summed E-state index contributed by atoms with van der Waals surface area (Å²) < 4.78 is 26.7. The maximum atomic E-state index is 13.0. The molecule has 0 bridgehead atoms. The van der Waals surface area contributed by atoms with Crippen LogP contribution in [0.25, 0.3) is 0 Å². The van der Waals surface area contributed by atoms with Crippen LogP contribution in [0.4, 0.5) is 0 Å². The molecule has 1 aliphatic carbocycles. The van der Waals surface area contributed by atoms with E-state index in [2.05, 4.69) is 5.32 Å². The van der Waals surface area contributed by atoms with Gasteiger partial charge in [0.25, 0.3) is 10.0 Å². The monoisotopic (exact) mass is 354 g/mol. The predicted octanol–water partition coefficient (Wildman–Crippen LogP) is 2.11. The van der Waals surface area contributed by atoms with Crippen molar-refractivity contribution in [1.82, 2.24) is 9.29 Å². The molecule has 0 saturated carbocycles. The number of ketones is 2. The lowest BCUT2D eigenvalue weighted by Crippen LogP contribution is -2.34. The van der Waals surface area contributed by atoms with E-state index in [1.54, 1.807) is 37.4 Å². The smallest absolute Gasteiger partial charge is 0.268 e. The summed E-state index contributed by atoms with van der Waals surface area (Å²) >= 11 is 0. The van der Waals surface area contributed by atoms with Gasteiger partial charge >= 0.3 is 0 Å². The first kappa shape index (κ1) is 15.6. The largest absolute Gasteiger partial charge is 0.358 e. The van der Waals surface area contributed by atoms with Crippen LogP contribution in [0.15, 0.2) is 71.0 Å². The van der Waals surface area contributed by atoms with Gasteiger partial charge in [0.2, 0.25) is 11.6 Å². The molecule has 1 atom stereocenters. The first-order chi connectivity index (χ1) is 11.9. The van der Waals surface area contributed by atoms with Crippen LogP contribution >= 0.6 is 0 Å². The normalized spacial score (nSPS) is 19.5. The molecule has 1 aromatic carbocycles. The number of allylic oxidation sites excluding steroid dienone is 3. The zero-order chi connectivity index (χ0) is 17.8. The Bertz CT molecular complexity index is 1080. The molecule has 1 unspecified atom stereocenters. The van der Waals surface area contributed by atoms with E-state index >= 15 is 0 Å². The average Bonchev–Trinajstić information content (AvgIpc) is 3.07. The number of aromatic nitrogens is 1. The fraction of sp³-hybridized carbons (Fsp3) is 0.111. The maximum Gasteiger partial charge on any atom is 0.268 e. The van der Waals surface area contributed by atoms with E-state index < -0.39 is 15.8 Å². The van der Waals surface area contributed by atoms with Gasteiger partial charge in [-0.1, -0.05) is 31.2 Å². The Balaban J connectivity index is 1.92. The number of benzene rings is 1. The van der Waals surface area contributed by atoms with Gasteiger partial charge < -0.3 is 5.32 Å². The summed E-state index contributed by atoms with van der Waals surface area (Å²) in [6.07, 6.45) is 4.64. The molecular formula is C18H14N2O4S. The standard InChI is InChI=1S/C18H14N2O4S/c1-11-7-9-19-15-14(11)18(22)16-13(17(15)21)8-10-20(16)25(23,24)12-5-3-2-4-6-12/h2-11,19H,1H3. The maximum absolute atomic E-state index is 13.0. The van der Waals surface area contributed by atoms with Crippen molar-refractivity contribution in [3.05, 3.63) is 77.4 Å². The van der Waals surface area contributed by atoms with Gasteiger partial charge in [-0.3, -0.25) is 9.59 Å². The van der Waals surface area contributed by atoms with Crippen LogP contribution in [-0.4, -0.2) is 24.0 Å². The molecule has 2 heterocycles. The molecule has 1 aliphatic heterocycles. The van der Waals surface area contributed by atoms with E-state index in [4.69, 9.17) is 0 Å². The van der Waals surface area contributed by atoms with E-state index in [9.17, 15) is 18.0 Å². The molecular weight excluding hydrogens is 340 g/mol. The van der Waals surface area contributed by atoms with Crippen LogP contribution in [0.1, 0.15) is 27.8 Å². The van der Waals surface area contributed by atoms with Crippen molar-refractivity contribution in [3.8, 4) is 0 Å². The highest BCUT2D eigenvalue weighted by Gasteiger charge is 2.39. The van der Waals surface area contributed by atoms with Crippen LogP contribution < -0.4 is 5.32 Å². The molecule has 0 saturated heterocycles. The molecule has 1 N–H and O–H groups in total. The third kappa shape index (κ3) is 2.12. The molecule has 4 rings (SSSR count). The van der Waals surface area contributed by atoms with Gasteiger partial charge in [0, 0.05) is 17.7 Å². The lowest BCUT2D eigenvalue weighted by atomic mass is 9.84. The van der Waals surface area contributed by atoms with Crippen LogP contribution in [0, 0.1) is 5.92 Å². The second kappa shape index (κ2) is 5.29. The molecule has 25 heavy (non-hydrogen) atoms. The second-order valence-electron chi connectivity index (χ2n) is 5.93. The van der Waals surface area contributed by atoms with Crippen molar-refractivity contribution < 1.29 is 18.0 Å². The van der Waals surface area contributed by atoms with Crippen molar-refractivity contribution in [2.24, 2.45) is 5.92 Å². The zero-order valence-electron chi connectivity index (χ0n) is 13.3. The number of hydrogen-bond donors (Lipinski definition) is 1. The fourth-order valence-corrected chi connectivity index (χ4v) is 4.55. The lowest BCUT2D eigenvalue weighted by Gasteiger charge is -2.25. The molecule has 0 radical (unpaired) electrons. The minimum atomic E-state index is -3.97. The first-order valence-corrected chi connectivity index (χ1v) is 9.15. The quantitative estimate of drug-likeness (QED) is 0.893. The van der Waals surface area contributed by atoms with Crippen molar-refractivity contribution in [1.29, 1.82) is 0 Å². The Hall–Kier alpha value is -2.93. The highest BCUT2D eigenvalue weighted by atomic mass is 32.2.